The Balaban J connectivity index is 1.46. The molecule has 126 valence electrons. The zero-order valence-electron chi connectivity index (χ0n) is 13.2. The Kier molecular flexibility index (Phi) is 3.56. The Hall–Kier alpha value is -3.09. The fraction of sp³-hybridized carbons (Fsp3) is 0.222. The van der Waals surface area contributed by atoms with Crippen LogP contribution in [0.4, 0.5) is 4.39 Å². The van der Waals surface area contributed by atoms with Gasteiger partial charge in [0.1, 0.15) is 18.1 Å². The van der Waals surface area contributed by atoms with Gasteiger partial charge in [0.25, 0.3) is 11.8 Å². The first-order chi connectivity index (χ1) is 12.0. The number of fused-ring (bicyclic) bond motifs is 2. The zero-order valence-corrected chi connectivity index (χ0v) is 13.2. The van der Waals surface area contributed by atoms with Crippen LogP contribution >= 0.6 is 0 Å². The molecule has 0 bridgehead atoms. The average Bonchev–Trinajstić information content (AvgIpc) is 3.09. The Morgan fingerprint density at radius 1 is 1.28 bits per heavy atom. The molecule has 0 fully saturated rings. The minimum absolute atomic E-state index is 0.0713. The van der Waals surface area contributed by atoms with Gasteiger partial charge in [0.05, 0.1) is 11.6 Å². The van der Waals surface area contributed by atoms with E-state index >= 15 is 0 Å². The van der Waals surface area contributed by atoms with Crippen molar-refractivity contribution in [1.29, 1.82) is 0 Å². The minimum atomic E-state index is -0.565. The third kappa shape index (κ3) is 2.57. The van der Waals surface area contributed by atoms with Crippen LogP contribution in [0.5, 0.6) is 0 Å². The first-order valence-corrected chi connectivity index (χ1v) is 7.93. The number of nitrogens with one attached hydrogen (secondary N) is 1. The Morgan fingerprint density at radius 3 is 2.92 bits per heavy atom. The fourth-order valence-electron chi connectivity index (χ4n) is 3.38. The van der Waals surface area contributed by atoms with Crippen molar-refractivity contribution in [3.8, 4) is 0 Å². The van der Waals surface area contributed by atoms with Gasteiger partial charge in [-0.15, -0.1) is 0 Å². The first-order valence-electron chi connectivity index (χ1n) is 7.93. The lowest BCUT2D eigenvalue weighted by Gasteiger charge is -2.17. The second-order valence-electron chi connectivity index (χ2n) is 6.10. The highest BCUT2D eigenvalue weighted by Gasteiger charge is 2.38. The van der Waals surface area contributed by atoms with E-state index in [1.54, 1.807) is 12.1 Å². The summed E-state index contributed by atoms with van der Waals surface area (Å²) in [7, 11) is 0. The third-order valence-electron chi connectivity index (χ3n) is 4.55. The number of halogens is 1. The van der Waals surface area contributed by atoms with Crippen molar-refractivity contribution in [1.82, 2.24) is 15.2 Å². The summed E-state index contributed by atoms with van der Waals surface area (Å²) in [5.41, 5.74) is 2.03. The van der Waals surface area contributed by atoms with Gasteiger partial charge in [-0.25, -0.2) is 4.39 Å². The molecule has 1 atom stereocenters. The van der Waals surface area contributed by atoms with Crippen LogP contribution in [0.3, 0.4) is 0 Å². The van der Waals surface area contributed by atoms with Gasteiger partial charge in [-0.1, -0.05) is 6.07 Å². The summed E-state index contributed by atoms with van der Waals surface area (Å²) in [6, 6.07) is 7.34. The molecule has 0 spiro atoms. The zero-order chi connectivity index (χ0) is 17.6. The summed E-state index contributed by atoms with van der Waals surface area (Å²) in [6.45, 7) is -0.360. The van der Waals surface area contributed by atoms with Crippen LogP contribution in [0.15, 0.2) is 36.5 Å². The third-order valence-corrected chi connectivity index (χ3v) is 4.55. The standard InChI is InChI=1S/C18H14FN3O3/c19-11-4-5-12-10(8-11)3-6-14(12)21-15(23)9-22-17(24)13-2-1-7-20-16(13)18(22)25/h1-2,4-5,7-8,14H,3,6,9H2,(H,21,23). The van der Waals surface area contributed by atoms with E-state index < -0.39 is 17.7 Å². The molecule has 25 heavy (non-hydrogen) atoms. The molecule has 3 amide bonds. The molecule has 2 aromatic rings. The molecule has 1 unspecified atom stereocenters. The summed E-state index contributed by atoms with van der Waals surface area (Å²) < 4.78 is 13.3. The molecule has 0 saturated heterocycles. The summed E-state index contributed by atoms with van der Waals surface area (Å²) in [5, 5.41) is 2.82. The van der Waals surface area contributed by atoms with Crippen molar-refractivity contribution in [2.75, 3.05) is 6.54 Å². The number of amides is 3. The SMILES string of the molecule is O=C(CN1C(=O)c2cccnc2C1=O)NC1CCc2cc(F)ccc21. The smallest absolute Gasteiger partial charge is 0.280 e. The van der Waals surface area contributed by atoms with E-state index in [0.717, 1.165) is 16.0 Å². The van der Waals surface area contributed by atoms with Crippen molar-refractivity contribution < 1.29 is 18.8 Å². The second kappa shape index (κ2) is 5.77. The molecule has 0 saturated carbocycles. The molecule has 1 aromatic carbocycles. The molecule has 2 heterocycles. The summed E-state index contributed by atoms with van der Waals surface area (Å²) in [4.78, 5) is 41.6. The van der Waals surface area contributed by atoms with Gasteiger partial charge in [-0.2, -0.15) is 0 Å². The predicted octanol–water partition coefficient (Wildman–Crippen LogP) is 1.62. The Morgan fingerprint density at radius 2 is 2.12 bits per heavy atom. The van der Waals surface area contributed by atoms with Gasteiger partial charge in [0, 0.05) is 6.20 Å². The molecular weight excluding hydrogens is 325 g/mol. The lowest BCUT2D eigenvalue weighted by molar-refractivity contribution is -0.122. The van der Waals surface area contributed by atoms with Gasteiger partial charge in [0.15, 0.2) is 0 Å². The van der Waals surface area contributed by atoms with Crippen LogP contribution in [0.25, 0.3) is 0 Å². The maximum absolute atomic E-state index is 13.3. The topological polar surface area (TPSA) is 79.4 Å². The highest BCUT2D eigenvalue weighted by molar-refractivity contribution is 6.21. The number of carbonyl (C=O) groups excluding carboxylic acids is 3. The van der Waals surface area contributed by atoms with Crippen LogP contribution in [-0.4, -0.2) is 34.2 Å². The van der Waals surface area contributed by atoms with Gasteiger partial charge in [-0.05, 0) is 48.2 Å². The monoisotopic (exact) mass is 339 g/mol. The molecule has 1 aliphatic heterocycles. The van der Waals surface area contributed by atoms with Gasteiger partial charge >= 0.3 is 0 Å². The van der Waals surface area contributed by atoms with Crippen molar-refractivity contribution in [2.24, 2.45) is 0 Å². The largest absolute Gasteiger partial charge is 0.348 e. The lowest BCUT2D eigenvalue weighted by Crippen LogP contribution is -2.41. The predicted molar refractivity (Wildman–Crippen MR) is 85.2 cm³/mol. The number of aromatic nitrogens is 1. The highest BCUT2D eigenvalue weighted by atomic mass is 19.1. The van der Waals surface area contributed by atoms with Gasteiger partial charge in [0.2, 0.25) is 5.91 Å². The van der Waals surface area contributed by atoms with Crippen LogP contribution < -0.4 is 5.32 Å². The van der Waals surface area contributed by atoms with E-state index in [-0.39, 0.29) is 29.7 Å². The van der Waals surface area contributed by atoms with E-state index in [0.29, 0.717) is 12.8 Å². The second-order valence-corrected chi connectivity index (χ2v) is 6.10. The summed E-state index contributed by atoms with van der Waals surface area (Å²) in [5.74, 6) is -1.82. The number of hydrogen-bond donors (Lipinski definition) is 1. The van der Waals surface area contributed by atoms with Crippen molar-refractivity contribution in [2.45, 2.75) is 18.9 Å². The maximum Gasteiger partial charge on any atom is 0.280 e. The number of benzene rings is 1. The Bertz CT molecular complexity index is 877. The van der Waals surface area contributed by atoms with Crippen LogP contribution in [0.2, 0.25) is 0 Å². The quantitative estimate of drug-likeness (QED) is 0.862. The summed E-state index contributed by atoms with van der Waals surface area (Å²) >= 11 is 0. The molecule has 7 heteroatoms. The first kappa shape index (κ1) is 15.4. The Labute approximate surface area is 142 Å². The number of pyridine rings is 1. The number of aryl methyl sites for hydroxylation is 1. The number of hydrogen-bond acceptors (Lipinski definition) is 4. The van der Waals surface area contributed by atoms with E-state index in [2.05, 4.69) is 10.3 Å². The van der Waals surface area contributed by atoms with Crippen molar-refractivity contribution in [3.05, 3.63) is 64.7 Å². The molecular formula is C18H14FN3O3. The minimum Gasteiger partial charge on any atom is -0.348 e. The molecule has 1 aromatic heterocycles. The van der Waals surface area contributed by atoms with E-state index in [9.17, 15) is 18.8 Å². The molecule has 0 radical (unpaired) electrons. The van der Waals surface area contributed by atoms with Crippen LogP contribution in [0, 0.1) is 5.82 Å². The average molecular weight is 339 g/mol. The molecule has 1 aliphatic carbocycles. The summed E-state index contributed by atoms with van der Waals surface area (Å²) in [6.07, 6.45) is 2.77. The number of imide groups is 1. The van der Waals surface area contributed by atoms with Crippen LogP contribution in [0.1, 0.15) is 44.4 Å². The van der Waals surface area contributed by atoms with E-state index in [4.69, 9.17) is 0 Å². The number of nitrogens with zero attached hydrogens (tertiary/aromatic N) is 2. The van der Waals surface area contributed by atoms with E-state index in [1.165, 1.54) is 24.4 Å². The highest BCUT2D eigenvalue weighted by Crippen LogP contribution is 2.31. The fourth-order valence-corrected chi connectivity index (χ4v) is 3.38. The molecule has 4 rings (SSSR count). The van der Waals surface area contributed by atoms with Gasteiger partial charge in [-0.3, -0.25) is 24.3 Å². The molecule has 1 N–H and O–H groups in total. The van der Waals surface area contributed by atoms with Crippen LogP contribution in [-0.2, 0) is 11.2 Å². The molecule has 6 nitrogen and oxygen atoms in total. The van der Waals surface area contributed by atoms with Crippen molar-refractivity contribution >= 4 is 17.7 Å². The normalized spacial score (nSPS) is 18.3. The lowest BCUT2D eigenvalue weighted by atomic mass is 10.1. The van der Waals surface area contributed by atoms with E-state index in [1.807, 2.05) is 0 Å². The number of rotatable bonds is 3. The number of carbonyl (C=O) groups is 3. The molecule has 2 aliphatic rings. The van der Waals surface area contributed by atoms with Crippen molar-refractivity contribution in [3.63, 3.8) is 0 Å². The van der Waals surface area contributed by atoms with Gasteiger partial charge < -0.3 is 5.32 Å². The maximum atomic E-state index is 13.3.